The van der Waals surface area contributed by atoms with E-state index in [2.05, 4.69) is 9.97 Å². The van der Waals surface area contributed by atoms with Crippen LogP contribution in [0.1, 0.15) is 5.56 Å². The van der Waals surface area contributed by atoms with Gasteiger partial charge >= 0.3 is 0 Å². The van der Waals surface area contributed by atoms with Gasteiger partial charge in [0.25, 0.3) is 0 Å². The Morgan fingerprint density at radius 2 is 1.81 bits per heavy atom. The van der Waals surface area contributed by atoms with E-state index in [4.69, 9.17) is 16.2 Å². The Kier molecular flexibility index (Phi) is 3.27. The number of hydrogen-bond donors (Lipinski definition) is 2. The number of fused-ring (bicyclic) bond motifs is 1. The number of halogens is 1. The molecule has 0 unspecified atom stereocenters. The molecule has 0 amide bonds. The molecule has 5 nitrogen and oxygen atoms in total. The number of aromatic nitrogens is 2. The van der Waals surface area contributed by atoms with Gasteiger partial charge in [0.2, 0.25) is 5.95 Å². The van der Waals surface area contributed by atoms with Crippen LogP contribution in [-0.2, 0) is 6.61 Å². The summed E-state index contributed by atoms with van der Waals surface area (Å²) in [6.07, 6.45) is 0. The lowest BCUT2D eigenvalue weighted by molar-refractivity contribution is 0.291. The van der Waals surface area contributed by atoms with E-state index in [0.29, 0.717) is 10.9 Å². The second kappa shape index (κ2) is 5.24. The molecule has 0 bridgehead atoms. The number of nitrogens with two attached hydrogens (primary N) is 2. The van der Waals surface area contributed by atoms with Gasteiger partial charge in [-0.1, -0.05) is 24.3 Å². The lowest BCUT2D eigenvalue weighted by Crippen LogP contribution is -2.04. The maximum Gasteiger partial charge on any atom is 0.222 e. The zero-order chi connectivity index (χ0) is 14.8. The third kappa shape index (κ3) is 2.55. The van der Waals surface area contributed by atoms with Crippen molar-refractivity contribution < 1.29 is 9.13 Å². The largest absolute Gasteiger partial charge is 0.486 e. The second-order valence-electron chi connectivity index (χ2n) is 4.50. The van der Waals surface area contributed by atoms with Gasteiger partial charge in [0, 0.05) is 10.9 Å². The van der Waals surface area contributed by atoms with E-state index < -0.39 is 5.82 Å². The van der Waals surface area contributed by atoms with Crippen molar-refractivity contribution >= 4 is 22.7 Å². The third-order valence-electron chi connectivity index (χ3n) is 3.07. The summed E-state index contributed by atoms with van der Waals surface area (Å²) in [4.78, 5) is 8.08. The van der Waals surface area contributed by atoms with Crippen molar-refractivity contribution in [2.24, 2.45) is 0 Å². The molecule has 1 aromatic heterocycles. The molecule has 0 radical (unpaired) electrons. The number of para-hydroxylation sites is 1. The Labute approximate surface area is 120 Å². The van der Waals surface area contributed by atoms with Gasteiger partial charge in [-0.05, 0) is 18.2 Å². The smallest absolute Gasteiger partial charge is 0.222 e. The summed E-state index contributed by atoms with van der Waals surface area (Å²) in [6.45, 7) is 0.162. The average Bonchev–Trinajstić information content (AvgIpc) is 2.45. The minimum Gasteiger partial charge on any atom is -0.486 e. The molecule has 6 heteroatoms. The summed E-state index contributed by atoms with van der Waals surface area (Å²) in [5.74, 6) is 0.174. The van der Waals surface area contributed by atoms with Gasteiger partial charge in [0.15, 0.2) is 11.6 Å². The van der Waals surface area contributed by atoms with Crippen molar-refractivity contribution in [3.05, 3.63) is 53.8 Å². The molecule has 0 saturated carbocycles. The number of ether oxygens (including phenoxy) is 1. The van der Waals surface area contributed by atoms with E-state index >= 15 is 0 Å². The molecule has 1 heterocycles. The molecule has 0 atom stereocenters. The van der Waals surface area contributed by atoms with E-state index in [1.807, 2.05) is 12.1 Å². The zero-order valence-corrected chi connectivity index (χ0v) is 11.1. The first-order chi connectivity index (χ1) is 10.1. The minimum atomic E-state index is -0.411. The van der Waals surface area contributed by atoms with Crippen LogP contribution in [0.25, 0.3) is 10.9 Å². The first kappa shape index (κ1) is 13.1. The molecular weight excluding hydrogens is 271 g/mol. The second-order valence-corrected chi connectivity index (χ2v) is 4.50. The maximum atomic E-state index is 13.5. The van der Waals surface area contributed by atoms with E-state index in [9.17, 15) is 4.39 Å². The molecule has 0 aliphatic rings. The SMILES string of the molecule is Nc1nc(N)c2c(COc3ccccc3F)cccc2n1. The lowest BCUT2D eigenvalue weighted by atomic mass is 10.1. The quantitative estimate of drug-likeness (QED) is 0.771. The average molecular weight is 284 g/mol. The van der Waals surface area contributed by atoms with E-state index in [1.54, 1.807) is 24.3 Å². The van der Waals surface area contributed by atoms with Gasteiger partial charge in [-0.3, -0.25) is 0 Å². The van der Waals surface area contributed by atoms with Crippen LogP contribution in [0.3, 0.4) is 0 Å². The molecule has 2 aromatic carbocycles. The summed E-state index contributed by atoms with van der Waals surface area (Å²) < 4.78 is 19.0. The Morgan fingerprint density at radius 1 is 1.00 bits per heavy atom. The number of nitrogen functional groups attached to an aromatic ring is 2. The van der Waals surface area contributed by atoms with Gasteiger partial charge in [-0.2, -0.15) is 4.98 Å². The van der Waals surface area contributed by atoms with Gasteiger partial charge in [-0.25, -0.2) is 9.37 Å². The molecule has 0 fully saturated rings. The van der Waals surface area contributed by atoms with Crippen LogP contribution in [0, 0.1) is 5.82 Å². The van der Waals surface area contributed by atoms with Crippen molar-refractivity contribution in [2.75, 3.05) is 11.5 Å². The number of anilines is 2. The molecule has 106 valence electrons. The minimum absolute atomic E-state index is 0.118. The molecule has 0 aliphatic heterocycles. The topological polar surface area (TPSA) is 87.0 Å². The summed E-state index contributed by atoms with van der Waals surface area (Å²) in [5, 5.41) is 0.669. The van der Waals surface area contributed by atoms with Crippen molar-refractivity contribution in [1.29, 1.82) is 0 Å². The molecule has 0 saturated heterocycles. The molecular formula is C15H13FN4O. The first-order valence-electron chi connectivity index (χ1n) is 6.33. The van der Waals surface area contributed by atoms with Crippen LogP contribution < -0.4 is 16.2 Å². The van der Waals surface area contributed by atoms with Crippen molar-refractivity contribution in [2.45, 2.75) is 6.61 Å². The number of nitrogens with zero attached hydrogens (tertiary/aromatic N) is 2. The summed E-state index contributed by atoms with van der Waals surface area (Å²) in [6, 6.07) is 11.7. The van der Waals surface area contributed by atoms with Crippen molar-refractivity contribution in [1.82, 2.24) is 9.97 Å². The highest BCUT2D eigenvalue weighted by atomic mass is 19.1. The monoisotopic (exact) mass is 284 g/mol. The summed E-state index contributed by atoms with van der Waals surface area (Å²) >= 11 is 0. The highest BCUT2D eigenvalue weighted by Gasteiger charge is 2.10. The van der Waals surface area contributed by atoms with Crippen molar-refractivity contribution in [3.8, 4) is 5.75 Å². The highest BCUT2D eigenvalue weighted by Crippen LogP contribution is 2.25. The van der Waals surface area contributed by atoms with E-state index in [1.165, 1.54) is 6.07 Å². The van der Waals surface area contributed by atoms with Crippen LogP contribution in [0.15, 0.2) is 42.5 Å². The lowest BCUT2D eigenvalue weighted by Gasteiger charge is -2.10. The summed E-state index contributed by atoms with van der Waals surface area (Å²) in [5.41, 5.74) is 12.9. The van der Waals surface area contributed by atoms with Crippen molar-refractivity contribution in [3.63, 3.8) is 0 Å². The first-order valence-corrected chi connectivity index (χ1v) is 6.33. The van der Waals surface area contributed by atoms with Gasteiger partial charge in [0.05, 0.1) is 5.52 Å². The van der Waals surface area contributed by atoms with Gasteiger partial charge < -0.3 is 16.2 Å². The number of hydrogen-bond acceptors (Lipinski definition) is 5. The molecule has 3 aromatic rings. The summed E-state index contributed by atoms with van der Waals surface area (Å²) in [7, 11) is 0. The number of rotatable bonds is 3. The number of benzene rings is 2. The van der Waals surface area contributed by atoms with Gasteiger partial charge in [0.1, 0.15) is 12.4 Å². The molecule has 0 spiro atoms. The van der Waals surface area contributed by atoms with Crippen LogP contribution in [0.4, 0.5) is 16.2 Å². The molecule has 4 N–H and O–H groups in total. The Morgan fingerprint density at radius 3 is 2.62 bits per heavy atom. The predicted molar refractivity (Wildman–Crippen MR) is 79.1 cm³/mol. The Balaban J connectivity index is 1.96. The molecule has 3 rings (SSSR count). The standard InChI is InChI=1S/C15H13FN4O/c16-10-5-1-2-7-12(10)21-8-9-4-3-6-11-13(9)14(17)20-15(18)19-11/h1-7H,8H2,(H4,17,18,19,20). The molecule has 0 aliphatic carbocycles. The van der Waals surface area contributed by atoms with Crippen LogP contribution >= 0.6 is 0 Å². The third-order valence-corrected chi connectivity index (χ3v) is 3.07. The zero-order valence-electron chi connectivity index (χ0n) is 11.1. The fourth-order valence-corrected chi connectivity index (χ4v) is 2.14. The predicted octanol–water partition coefficient (Wildman–Crippen LogP) is 2.51. The fraction of sp³-hybridized carbons (Fsp3) is 0.0667. The van der Waals surface area contributed by atoms with Crippen LogP contribution in [-0.4, -0.2) is 9.97 Å². The highest BCUT2D eigenvalue weighted by molar-refractivity contribution is 5.91. The Hall–Kier alpha value is -2.89. The maximum absolute atomic E-state index is 13.5. The van der Waals surface area contributed by atoms with Crippen LogP contribution in [0.5, 0.6) is 5.75 Å². The fourth-order valence-electron chi connectivity index (χ4n) is 2.14. The van der Waals surface area contributed by atoms with Crippen LogP contribution in [0.2, 0.25) is 0 Å². The Bertz CT molecular complexity index is 807. The van der Waals surface area contributed by atoms with E-state index in [0.717, 1.165) is 5.56 Å². The normalized spacial score (nSPS) is 10.7. The van der Waals surface area contributed by atoms with E-state index in [-0.39, 0.29) is 24.1 Å². The molecule has 21 heavy (non-hydrogen) atoms. The van der Waals surface area contributed by atoms with Gasteiger partial charge in [-0.15, -0.1) is 0 Å².